The van der Waals surface area contributed by atoms with E-state index in [4.69, 9.17) is 5.73 Å². The zero-order valence-electron chi connectivity index (χ0n) is 9.96. The van der Waals surface area contributed by atoms with Gasteiger partial charge in [-0.3, -0.25) is 9.48 Å². The molecule has 1 aliphatic heterocycles. The summed E-state index contributed by atoms with van der Waals surface area (Å²) >= 11 is 0. The highest BCUT2D eigenvalue weighted by Gasteiger charge is 2.26. The zero-order valence-corrected chi connectivity index (χ0v) is 9.96. The lowest BCUT2D eigenvalue weighted by Gasteiger charge is -2.29. The van der Waals surface area contributed by atoms with Crippen LogP contribution < -0.4 is 5.73 Å². The monoisotopic (exact) mass is 238 g/mol. The first-order valence-electron chi connectivity index (χ1n) is 5.92. The number of nitrogens with zero attached hydrogens (tertiary/aromatic N) is 3. The molecule has 1 aromatic heterocycles. The zero-order chi connectivity index (χ0) is 12.4. The molecule has 94 valence electrons. The van der Waals surface area contributed by atoms with E-state index in [1.807, 2.05) is 6.92 Å². The van der Waals surface area contributed by atoms with E-state index in [2.05, 4.69) is 5.10 Å². The lowest BCUT2D eigenvalue weighted by molar-refractivity contribution is 0.0469. The fourth-order valence-corrected chi connectivity index (χ4v) is 2.05. The number of carbonyl (C=O) groups excluding carboxylic acids is 1. The molecular weight excluding hydrogens is 220 g/mol. The molecule has 1 amide bonds. The summed E-state index contributed by atoms with van der Waals surface area (Å²) in [5, 5.41) is 13.7. The number of likely N-dealkylation sites (tertiary alicyclic amines) is 1. The van der Waals surface area contributed by atoms with Crippen molar-refractivity contribution >= 4 is 11.6 Å². The molecule has 17 heavy (non-hydrogen) atoms. The van der Waals surface area contributed by atoms with E-state index < -0.39 is 6.10 Å². The minimum atomic E-state index is -0.429. The molecule has 1 saturated heterocycles. The average Bonchev–Trinajstić information content (AvgIpc) is 2.69. The van der Waals surface area contributed by atoms with Gasteiger partial charge in [-0.1, -0.05) is 0 Å². The molecule has 6 heteroatoms. The van der Waals surface area contributed by atoms with Crippen LogP contribution in [-0.2, 0) is 6.54 Å². The van der Waals surface area contributed by atoms with Gasteiger partial charge in [0.05, 0.1) is 11.8 Å². The van der Waals surface area contributed by atoms with Gasteiger partial charge in [0.15, 0.2) is 5.69 Å². The van der Waals surface area contributed by atoms with Crippen LogP contribution in [0.1, 0.15) is 30.3 Å². The summed E-state index contributed by atoms with van der Waals surface area (Å²) in [7, 11) is 0. The fraction of sp³-hybridized carbons (Fsp3) is 0.636. The normalized spacial score (nSPS) is 20.6. The van der Waals surface area contributed by atoms with Gasteiger partial charge in [0.2, 0.25) is 0 Å². The van der Waals surface area contributed by atoms with E-state index in [9.17, 15) is 9.90 Å². The third kappa shape index (κ3) is 2.41. The molecule has 6 nitrogen and oxygen atoms in total. The van der Waals surface area contributed by atoms with Gasteiger partial charge < -0.3 is 15.7 Å². The first-order valence-corrected chi connectivity index (χ1v) is 5.92. The fourth-order valence-electron chi connectivity index (χ4n) is 2.05. The first kappa shape index (κ1) is 11.9. The second-order valence-corrected chi connectivity index (χ2v) is 4.34. The molecule has 0 aliphatic carbocycles. The molecule has 1 aromatic rings. The number of hydrogen-bond acceptors (Lipinski definition) is 4. The SMILES string of the molecule is CCn1cc(N)c(C(=O)N2CCC[C@H](O)C2)n1. The Bertz CT molecular complexity index is 416. The number of anilines is 1. The summed E-state index contributed by atoms with van der Waals surface area (Å²) in [6.07, 6.45) is 2.81. The van der Waals surface area contributed by atoms with E-state index in [0.29, 0.717) is 31.0 Å². The summed E-state index contributed by atoms with van der Waals surface area (Å²) in [5.41, 5.74) is 6.46. The smallest absolute Gasteiger partial charge is 0.276 e. The molecule has 1 atom stereocenters. The number of rotatable bonds is 2. The van der Waals surface area contributed by atoms with Crippen LogP contribution in [-0.4, -0.2) is 44.9 Å². The number of carbonyl (C=O) groups is 1. The second kappa shape index (κ2) is 4.75. The molecule has 0 bridgehead atoms. The van der Waals surface area contributed by atoms with Gasteiger partial charge in [-0.05, 0) is 19.8 Å². The highest BCUT2D eigenvalue weighted by molar-refractivity contribution is 5.97. The Morgan fingerprint density at radius 3 is 3.06 bits per heavy atom. The number of piperidine rings is 1. The van der Waals surface area contributed by atoms with Crippen molar-refractivity contribution in [2.45, 2.75) is 32.4 Å². The molecule has 0 aromatic carbocycles. The van der Waals surface area contributed by atoms with Crippen LogP contribution in [0.25, 0.3) is 0 Å². The maximum Gasteiger partial charge on any atom is 0.276 e. The Balaban J connectivity index is 2.15. The number of hydrogen-bond donors (Lipinski definition) is 2. The average molecular weight is 238 g/mol. The van der Waals surface area contributed by atoms with Crippen LogP contribution in [0.4, 0.5) is 5.69 Å². The summed E-state index contributed by atoms with van der Waals surface area (Å²) < 4.78 is 1.64. The van der Waals surface area contributed by atoms with Crippen molar-refractivity contribution in [3.8, 4) is 0 Å². The highest BCUT2D eigenvalue weighted by Crippen LogP contribution is 2.16. The van der Waals surface area contributed by atoms with Gasteiger partial charge in [0.25, 0.3) is 5.91 Å². The Morgan fingerprint density at radius 2 is 2.47 bits per heavy atom. The lowest BCUT2D eigenvalue weighted by atomic mass is 10.1. The number of aryl methyl sites for hydroxylation is 1. The van der Waals surface area contributed by atoms with Crippen molar-refractivity contribution in [3.05, 3.63) is 11.9 Å². The van der Waals surface area contributed by atoms with Gasteiger partial charge in [0.1, 0.15) is 0 Å². The Kier molecular flexibility index (Phi) is 3.33. The van der Waals surface area contributed by atoms with Crippen molar-refractivity contribution in [1.82, 2.24) is 14.7 Å². The van der Waals surface area contributed by atoms with Crippen LogP contribution >= 0.6 is 0 Å². The largest absolute Gasteiger partial charge is 0.396 e. The van der Waals surface area contributed by atoms with E-state index in [-0.39, 0.29) is 5.91 Å². The third-order valence-corrected chi connectivity index (χ3v) is 3.00. The van der Waals surface area contributed by atoms with Crippen LogP contribution in [0.3, 0.4) is 0 Å². The predicted molar refractivity (Wildman–Crippen MR) is 63.5 cm³/mol. The van der Waals surface area contributed by atoms with Crippen LogP contribution in [0.5, 0.6) is 0 Å². The first-order chi connectivity index (χ1) is 8.11. The molecule has 0 radical (unpaired) electrons. The Morgan fingerprint density at radius 1 is 1.71 bits per heavy atom. The van der Waals surface area contributed by atoms with Crippen molar-refractivity contribution in [2.24, 2.45) is 0 Å². The molecule has 1 fully saturated rings. The molecule has 0 unspecified atom stereocenters. The topological polar surface area (TPSA) is 84.4 Å². The molecule has 0 spiro atoms. The van der Waals surface area contributed by atoms with Crippen molar-refractivity contribution in [2.75, 3.05) is 18.8 Å². The number of aliphatic hydroxyl groups excluding tert-OH is 1. The van der Waals surface area contributed by atoms with Gasteiger partial charge in [0, 0.05) is 25.8 Å². The minimum Gasteiger partial charge on any atom is -0.396 e. The number of aliphatic hydroxyl groups is 1. The number of β-amino-alcohol motifs (C(OH)–C–C–N with tert-alkyl or cyclic N) is 1. The molecular formula is C11H18N4O2. The van der Waals surface area contributed by atoms with E-state index in [1.54, 1.807) is 15.8 Å². The number of nitrogen functional groups attached to an aromatic ring is 1. The predicted octanol–water partition coefficient (Wildman–Crippen LogP) is 0.0821. The molecule has 0 saturated carbocycles. The molecule has 1 aliphatic rings. The van der Waals surface area contributed by atoms with Crippen molar-refractivity contribution in [1.29, 1.82) is 0 Å². The Labute approximate surface area is 100 Å². The number of aromatic nitrogens is 2. The van der Waals surface area contributed by atoms with Gasteiger partial charge in [-0.2, -0.15) is 5.10 Å². The van der Waals surface area contributed by atoms with Gasteiger partial charge in [-0.15, -0.1) is 0 Å². The van der Waals surface area contributed by atoms with E-state index in [1.165, 1.54) is 0 Å². The van der Waals surface area contributed by atoms with Gasteiger partial charge >= 0.3 is 0 Å². The number of amides is 1. The molecule has 3 N–H and O–H groups in total. The van der Waals surface area contributed by atoms with Crippen molar-refractivity contribution < 1.29 is 9.90 Å². The summed E-state index contributed by atoms with van der Waals surface area (Å²) in [6, 6.07) is 0. The van der Waals surface area contributed by atoms with Crippen LogP contribution in [0.15, 0.2) is 6.20 Å². The van der Waals surface area contributed by atoms with Crippen LogP contribution in [0, 0.1) is 0 Å². The third-order valence-electron chi connectivity index (χ3n) is 3.00. The van der Waals surface area contributed by atoms with Gasteiger partial charge in [-0.25, -0.2) is 0 Å². The van der Waals surface area contributed by atoms with Crippen molar-refractivity contribution in [3.63, 3.8) is 0 Å². The highest BCUT2D eigenvalue weighted by atomic mass is 16.3. The van der Waals surface area contributed by atoms with E-state index in [0.717, 1.165) is 12.8 Å². The van der Waals surface area contributed by atoms with E-state index >= 15 is 0 Å². The standard InChI is InChI=1S/C11H18N4O2/c1-2-15-7-9(12)10(13-15)11(17)14-5-3-4-8(16)6-14/h7-8,16H,2-6,12H2,1H3/t8-/m0/s1. The Hall–Kier alpha value is -1.56. The maximum atomic E-state index is 12.2. The quantitative estimate of drug-likeness (QED) is 0.764. The molecule has 2 heterocycles. The molecule has 2 rings (SSSR count). The summed E-state index contributed by atoms with van der Waals surface area (Å²) in [4.78, 5) is 13.8. The summed E-state index contributed by atoms with van der Waals surface area (Å²) in [5.74, 6) is -0.187. The second-order valence-electron chi connectivity index (χ2n) is 4.34. The minimum absolute atomic E-state index is 0.187. The number of nitrogens with two attached hydrogens (primary N) is 1. The summed E-state index contributed by atoms with van der Waals surface area (Å²) in [6.45, 7) is 3.65. The lowest BCUT2D eigenvalue weighted by Crippen LogP contribution is -2.42. The maximum absolute atomic E-state index is 12.2. The van der Waals surface area contributed by atoms with Crippen LogP contribution in [0.2, 0.25) is 0 Å².